The summed E-state index contributed by atoms with van der Waals surface area (Å²) in [4.78, 5) is 9.73. The molecule has 0 saturated carbocycles. The van der Waals surface area contributed by atoms with E-state index < -0.39 is 22.1 Å². The minimum absolute atomic E-state index is 0.00197. The average Bonchev–Trinajstić information content (AvgIpc) is 2.25. The number of anilines is 1. The van der Waals surface area contributed by atoms with Gasteiger partial charge in [-0.1, -0.05) is 10.5 Å². The van der Waals surface area contributed by atoms with Gasteiger partial charge in [-0.05, 0) is 6.07 Å². The smallest absolute Gasteiger partial charge is 0.298 e. The second kappa shape index (κ2) is 5.36. The number of nitro groups is 1. The van der Waals surface area contributed by atoms with Crippen molar-refractivity contribution < 1.29 is 18.5 Å². The fourth-order valence-corrected chi connectivity index (χ4v) is 1.17. The fourth-order valence-electron chi connectivity index (χ4n) is 1.17. The maximum absolute atomic E-state index is 13.4. The predicted molar refractivity (Wildman–Crippen MR) is 53.4 cm³/mol. The third-order valence-corrected chi connectivity index (χ3v) is 1.90. The van der Waals surface area contributed by atoms with E-state index in [1.165, 1.54) is 7.11 Å². The van der Waals surface area contributed by atoms with Crippen molar-refractivity contribution in [3.8, 4) is 0 Å². The van der Waals surface area contributed by atoms with Gasteiger partial charge in [-0.25, -0.2) is 4.39 Å². The number of para-hydroxylation sites is 1. The van der Waals surface area contributed by atoms with Gasteiger partial charge in [-0.3, -0.25) is 10.1 Å². The van der Waals surface area contributed by atoms with Crippen molar-refractivity contribution >= 4 is 11.4 Å². The molecule has 0 aliphatic rings. The molecule has 0 spiro atoms. The summed E-state index contributed by atoms with van der Waals surface area (Å²) in [5.74, 6) is -0.979. The molecule has 88 valence electrons. The molecule has 1 aromatic carbocycles. The van der Waals surface area contributed by atoms with E-state index in [1.54, 1.807) is 0 Å². The predicted octanol–water partition coefficient (Wildman–Crippen LogP) is 2.07. The van der Waals surface area contributed by atoms with Crippen molar-refractivity contribution in [2.45, 2.75) is 0 Å². The Morgan fingerprint density at radius 1 is 1.56 bits per heavy atom. The first-order chi connectivity index (χ1) is 7.57. The molecule has 1 rings (SSSR count). The lowest BCUT2D eigenvalue weighted by Gasteiger charge is -2.13. The molecule has 0 saturated heterocycles. The molecule has 0 atom stereocenters. The molecule has 0 heterocycles. The highest BCUT2D eigenvalue weighted by Crippen LogP contribution is 2.30. The highest BCUT2D eigenvalue weighted by Gasteiger charge is 2.23. The summed E-state index contributed by atoms with van der Waals surface area (Å²) < 4.78 is 31.3. The first-order valence-corrected chi connectivity index (χ1v) is 4.43. The molecule has 1 aromatic rings. The fraction of sp³-hybridized carbons (Fsp3) is 0.333. The van der Waals surface area contributed by atoms with Gasteiger partial charge in [-0.2, -0.15) is 5.12 Å². The lowest BCUT2D eigenvalue weighted by Crippen LogP contribution is -2.19. The van der Waals surface area contributed by atoms with Gasteiger partial charge in [0, 0.05) is 13.2 Å². The van der Waals surface area contributed by atoms with Crippen LogP contribution in [0.5, 0.6) is 0 Å². The number of rotatable bonds is 5. The molecular formula is C9H10F2N2O3. The monoisotopic (exact) mass is 232 g/mol. The van der Waals surface area contributed by atoms with Crippen LogP contribution in [-0.2, 0) is 4.74 Å². The third kappa shape index (κ3) is 2.63. The van der Waals surface area contributed by atoms with E-state index in [9.17, 15) is 19.0 Å². The number of nitro benzene ring substituents is 1. The molecule has 0 aromatic heterocycles. The number of halogens is 2. The Morgan fingerprint density at radius 3 is 2.81 bits per heavy atom. The van der Waals surface area contributed by atoms with Gasteiger partial charge >= 0.3 is 0 Å². The van der Waals surface area contributed by atoms with E-state index in [0.717, 1.165) is 18.2 Å². The Morgan fingerprint density at radius 2 is 2.25 bits per heavy atom. The standard InChI is InChI=1S/C9H10F2N2O3/c1-16-6-5-12(11)9-7(10)3-2-4-8(9)13(14)15/h2-4H,5-6H2,1H3. The van der Waals surface area contributed by atoms with Crippen LogP contribution in [0.3, 0.4) is 0 Å². The van der Waals surface area contributed by atoms with E-state index in [4.69, 9.17) is 0 Å². The lowest BCUT2D eigenvalue weighted by molar-refractivity contribution is -0.384. The minimum atomic E-state index is -0.979. The number of benzene rings is 1. The first-order valence-electron chi connectivity index (χ1n) is 4.43. The number of hydrogen-bond donors (Lipinski definition) is 0. The molecule has 16 heavy (non-hydrogen) atoms. The molecule has 0 bridgehead atoms. The maximum Gasteiger partial charge on any atom is 0.298 e. The zero-order chi connectivity index (χ0) is 12.1. The third-order valence-electron chi connectivity index (χ3n) is 1.90. The summed E-state index contributed by atoms with van der Waals surface area (Å²) in [6.45, 7) is -0.278. The van der Waals surface area contributed by atoms with Gasteiger partial charge in [0.15, 0.2) is 11.5 Å². The highest BCUT2D eigenvalue weighted by molar-refractivity contribution is 5.62. The molecule has 0 N–H and O–H groups in total. The van der Waals surface area contributed by atoms with Crippen LogP contribution < -0.4 is 5.12 Å². The zero-order valence-electron chi connectivity index (χ0n) is 8.52. The van der Waals surface area contributed by atoms with Crippen LogP contribution in [0.4, 0.5) is 20.2 Å². The van der Waals surface area contributed by atoms with Crippen LogP contribution in [-0.4, -0.2) is 25.2 Å². The van der Waals surface area contributed by atoms with Crippen LogP contribution in [0.2, 0.25) is 0 Å². The van der Waals surface area contributed by atoms with Crippen LogP contribution in [0, 0.1) is 15.9 Å². The molecule has 0 aliphatic carbocycles. The number of ether oxygens (including phenoxy) is 1. The zero-order valence-corrected chi connectivity index (χ0v) is 8.52. The summed E-state index contributed by atoms with van der Waals surface area (Å²) in [6.07, 6.45) is 0. The highest BCUT2D eigenvalue weighted by atomic mass is 19.2. The summed E-state index contributed by atoms with van der Waals surface area (Å²) in [7, 11) is 1.35. The largest absolute Gasteiger partial charge is 0.383 e. The molecule has 7 heteroatoms. The number of hydrogen-bond acceptors (Lipinski definition) is 4. The van der Waals surface area contributed by atoms with Crippen LogP contribution >= 0.6 is 0 Å². The van der Waals surface area contributed by atoms with Crippen molar-refractivity contribution in [1.29, 1.82) is 0 Å². The van der Waals surface area contributed by atoms with E-state index >= 15 is 0 Å². The van der Waals surface area contributed by atoms with Crippen molar-refractivity contribution in [3.05, 3.63) is 34.1 Å². The summed E-state index contributed by atoms with van der Waals surface area (Å²) in [5.41, 5.74) is -1.29. The van der Waals surface area contributed by atoms with Gasteiger partial charge in [0.05, 0.1) is 18.1 Å². The SMILES string of the molecule is COCCN(F)c1c(F)cccc1[N+](=O)[O-]. The Bertz CT molecular complexity index is 387. The topological polar surface area (TPSA) is 55.6 Å². The van der Waals surface area contributed by atoms with Crippen molar-refractivity contribution in [3.63, 3.8) is 0 Å². The van der Waals surface area contributed by atoms with Gasteiger partial charge in [0.1, 0.15) is 0 Å². The van der Waals surface area contributed by atoms with Gasteiger partial charge < -0.3 is 4.74 Å². The Labute approximate surface area is 90.3 Å². The number of methoxy groups -OCH3 is 1. The molecular weight excluding hydrogens is 222 g/mol. The van der Waals surface area contributed by atoms with Gasteiger partial charge in [-0.15, -0.1) is 0 Å². The van der Waals surface area contributed by atoms with E-state index in [0.29, 0.717) is 0 Å². The Balaban J connectivity index is 3.04. The van der Waals surface area contributed by atoms with Gasteiger partial charge in [0.25, 0.3) is 5.69 Å². The van der Waals surface area contributed by atoms with Gasteiger partial charge in [0.2, 0.25) is 0 Å². The molecule has 0 fully saturated rings. The van der Waals surface area contributed by atoms with E-state index in [-0.39, 0.29) is 18.3 Å². The molecule has 0 unspecified atom stereocenters. The molecule has 5 nitrogen and oxygen atoms in total. The summed E-state index contributed by atoms with van der Waals surface area (Å²) >= 11 is 0. The quantitative estimate of drug-likeness (QED) is 0.443. The van der Waals surface area contributed by atoms with Crippen molar-refractivity contribution in [1.82, 2.24) is 0 Å². The average molecular weight is 232 g/mol. The van der Waals surface area contributed by atoms with Crippen LogP contribution in [0.25, 0.3) is 0 Å². The summed E-state index contributed by atoms with van der Waals surface area (Å²) in [6, 6.07) is 3.15. The second-order valence-corrected chi connectivity index (χ2v) is 2.94. The Hall–Kier alpha value is -1.76. The second-order valence-electron chi connectivity index (χ2n) is 2.94. The van der Waals surface area contributed by atoms with Crippen molar-refractivity contribution in [2.24, 2.45) is 0 Å². The lowest BCUT2D eigenvalue weighted by atomic mass is 10.2. The van der Waals surface area contributed by atoms with Crippen LogP contribution in [0.1, 0.15) is 0 Å². The molecule has 0 amide bonds. The normalized spacial score (nSPS) is 10.2. The molecule has 0 aliphatic heterocycles. The Kier molecular flexibility index (Phi) is 4.12. The first kappa shape index (κ1) is 12.3. The summed E-state index contributed by atoms with van der Waals surface area (Å²) in [5, 5.41) is 10.5. The minimum Gasteiger partial charge on any atom is -0.383 e. The van der Waals surface area contributed by atoms with Crippen molar-refractivity contribution in [2.75, 3.05) is 25.4 Å². The maximum atomic E-state index is 13.4. The molecule has 0 radical (unpaired) electrons. The number of nitrogens with zero attached hydrogens (tertiary/aromatic N) is 2. The van der Waals surface area contributed by atoms with E-state index in [1.807, 2.05) is 0 Å². The van der Waals surface area contributed by atoms with E-state index in [2.05, 4.69) is 4.74 Å². The van der Waals surface area contributed by atoms with Crippen LogP contribution in [0.15, 0.2) is 18.2 Å².